The minimum Gasteiger partial charge on any atom is -0.477 e. The van der Waals surface area contributed by atoms with Crippen molar-refractivity contribution in [2.75, 3.05) is 0 Å². The summed E-state index contributed by atoms with van der Waals surface area (Å²) in [5.41, 5.74) is 0.687. The molecule has 4 nitrogen and oxygen atoms in total. The van der Waals surface area contributed by atoms with Gasteiger partial charge in [-0.1, -0.05) is 23.7 Å². The van der Waals surface area contributed by atoms with E-state index in [0.29, 0.717) is 10.7 Å². The molecule has 5 heteroatoms. The number of carboxylic acid groups (broad SMARTS) is 1. The number of nitrogens with zero attached hydrogens (tertiary/aromatic N) is 2. The summed E-state index contributed by atoms with van der Waals surface area (Å²) in [4.78, 5) is 15.1. The molecule has 0 atom stereocenters. The lowest BCUT2D eigenvalue weighted by atomic mass is 10.2. The maximum atomic E-state index is 11.0. The molecule has 1 N–H and O–H groups in total. The molecule has 0 saturated heterocycles. The fourth-order valence-electron chi connectivity index (χ4n) is 1.93. The molecule has 84 valence electrons. The molecule has 2 aromatic heterocycles. The number of carbonyl (C=O) groups is 1. The van der Waals surface area contributed by atoms with Crippen LogP contribution in [0.4, 0.5) is 0 Å². The normalized spacial score (nSPS) is 11.1. The Balaban J connectivity index is 2.53. The number of hydrogen-bond donors (Lipinski definition) is 1. The lowest BCUT2D eigenvalue weighted by Crippen LogP contribution is -2.01. The third-order valence-corrected chi connectivity index (χ3v) is 3.00. The number of carboxylic acids is 1. The predicted octanol–water partition coefficient (Wildman–Crippen LogP) is 2.84. The number of hydrogen-bond acceptors (Lipinski definition) is 2. The molecule has 0 amide bonds. The van der Waals surface area contributed by atoms with Gasteiger partial charge in [0.25, 0.3) is 0 Å². The minimum atomic E-state index is -1.01. The first-order valence-corrected chi connectivity index (χ1v) is 5.34. The second-order valence-electron chi connectivity index (χ2n) is 3.66. The highest BCUT2D eigenvalue weighted by Crippen LogP contribution is 2.27. The number of rotatable bonds is 1. The molecular weight excluding hydrogens is 240 g/mol. The van der Waals surface area contributed by atoms with E-state index in [1.165, 1.54) is 10.6 Å². The van der Waals surface area contributed by atoms with Crippen LogP contribution in [0.3, 0.4) is 0 Å². The predicted molar refractivity (Wildman–Crippen MR) is 64.7 cm³/mol. The van der Waals surface area contributed by atoms with Gasteiger partial charge in [0, 0.05) is 11.6 Å². The molecule has 3 rings (SSSR count). The van der Waals surface area contributed by atoms with Gasteiger partial charge in [0.1, 0.15) is 5.65 Å². The molecule has 0 fully saturated rings. The summed E-state index contributed by atoms with van der Waals surface area (Å²) >= 11 is 6.12. The number of aromatic nitrogens is 2. The summed E-state index contributed by atoms with van der Waals surface area (Å²) in [6.07, 6.45) is 3.02. The molecule has 0 radical (unpaired) electrons. The zero-order valence-electron chi connectivity index (χ0n) is 8.59. The molecule has 3 aromatic rings. The number of fused-ring (bicyclic) bond motifs is 3. The standard InChI is InChI=1S/C12H7ClN2O2/c13-8-3-1-2-7-4-5-15-9(12(16)17)6-14-11(15)10(7)8/h1-6H,(H,16,17). The van der Waals surface area contributed by atoms with Gasteiger partial charge in [-0.25, -0.2) is 9.78 Å². The van der Waals surface area contributed by atoms with Gasteiger partial charge in [-0.2, -0.15) is 0 Å². The fraction of sp³-hybridized carbons (Fsp3) is 0. The summed E-state index contributed by atoms with van der Waals surface area (Å²) in [5.74, 6) is -1.01. The van der Waals surface area contributed by atoms with Crippen molar-refractivity contribution >= 4 is 34.0 Å². The average molecular weight is 247 g/mol. The van der Waals surface area contributed by atoms with Gasteiger partial charge < -0.3 is 5.11 Å². The van der Waals surface area contributed by atoms with Gasteiger partial charge in [-0.05, 0) is 17.5 Å². The highest BCUT2D eigenvalue weighted by Gasteiger charge is 2.13. The average Bonchev–Trinajstić information content (AvgIpc) is 2.72. The van der Waals surface area contributed by atoms with Crippen LogP contribution >= 0.6 is 11.6 Å². The lowest BCUT2D eigenvalue weighted by Gasteiger charge is -2.03. The first kappa shape index (κ1) is 10.1. The number of pyridine rings is 1. The summed E-state index contributed by atoms with van der Waals surface area (Å²) in [5, 5.41) is 11.3. The molecule has 0 aliphatic heterocycles. The summed E-state index contributed by atoms with van der Waals surface area (Å²) in [7, 11) is 0. The second-order valence-corrected chi connectivity index (χ2v) is 4.07. The van der Waals surface area contributed by atoms with E-state index in [-0.39, 0.29) is 5.69 Å². The van der Waals surface area contributed by atoms with Crippen LogP contribution in [0.1, 0.15) is 10.5 Å². The van der Waals surface area contributed by atoms with Crippen molar-refractivity contribution in [3.63, 3.8) is 0 Å². The quantitative estimate of drug-likeness (QED) is 0.718. The third kappa shape index (κ3) is 1.38. The Hall–Kier alpha value is -2.07. The van der Waals surface area contributed by atoms with Crippen molar-refractivity contribution in [1.29, 1.82) is 0 Å². The van der Waals surface area contributed by atoms with E-state index < -0.39 is 5.97 Å². The van der Waals surface area contributed by atoms with E-state index in [0.717, 1.165) is 10.8 Å². The fourth-order valence-corrected chi connectivity index (χ4v) is 2.19. The van der Waals surface area contributed by atoms with Crippen LogP contribution in [-0.2, 0) is 0 Å². The molecule has 1 aromatic carbocycles. The van der Waals surface area contributed by atoms with Crippen molar-refractivity contribution < 1.29 is 9.90 Å². The van der Waals surface area contributed by atoms with Crippen LogP contribution in [0.5, 0.6) is 0 Å². The first-order chi connectivity index (χ1) is 8.18. The second kappa shape index (κ2) is 3.46. The Labute approximate surface area is 101 Å². The van der Waals surface area contributed by atoms with Gasteiger partial charge in [-0.3, -0.25) is 4.40 Å². The zero-order valence-corrected chi connectivity index (χ0v) is 9.35. The van der Waals surface area contributed by atoms with E-state index in [9.17, 15) is 4.79 Å². The number of imidazole rings is 1. The Morgan fingerprint density at radius 1 is 1.35 bits per heavy atom. The zero-order chi connectivity index (χ0) is 12.0. The first-order valence-electron chi connectivity index (χ1n) is 4.96. The Morgan fingerprint density at radius 2 is 2.18 bits per heavy atom. The van der Waals surface area contributed by atoms with Crippen molar-refractivity contribution in [2.24, 2.45) is 0 Å². The van der Waals surface area contributed by atoms with Crippen LogP contribution < -0.4 is 0 Å². The minimum absolute atomic E-state index is 0.127. The summed E-state index contributed by atoms with van der Waals surface area (Å²) < 4.78 is 1.52. The molecule has 0 aliphatic rings. The van der Waals surface area contributed by atoms with Crippen molar-refractivity contribution in [3.8, 4) is 0 Å². The molecule has 2 heterocycles. The molecule has 17 heavy (non-hydrogen) atoms. The van der Waals surface area contributed by atoms with Crippen molar-refractivity contribution in [2.45, 2.75) is 0 Å². The SMILES string of the molecule is O=C(O)c1cnc2c3c(Cl)cccc3ccn12. The molecule has 0 bridgehead atoms. The van der Waals surface area contributed by atoms with Crippen LogP contribution in [0.15, 0.2) is 36.7 Å². The van der Waals surface area contributed by atoms with Crippen molar-refractivity contribution in [1.82, 2.24) is 9.38 Å². The van der Waals surface area contributed by atoms with Gasteiger partial charge >= 0.3 is 5.97 Å². The largest absolute Gasteiger partial charge is 0.477 e. The molecule has 0 unspecified atom stereocenters. The maximum absolute atomic E-state index is 11.0. The van der Waals surface area contributed by atoms with E-state index in [2.05, 4.69) is 4.98 Å². The van der Waals surface area contributed by atoms with Crippen LogP contribution in [-0.4, -0.2) is 20.5 Å². The third-order valence-electron chi connectivity index (χ3n) is 2.69. The lowest BCUT2D eigenvalue weighted by molar-refractivity contribution is 0.0689. The van der Waals surface area contributed by atoms with Gasteiger partial charge in [0.15, 0.2) is 5.69 Å². The highest BCUT2D eigenvalue weighted by molar-refractivity contribution is 6.36. The highest BCUT2D eigenvalue weighted by atomic mass is 35.5. The summed E-state index contributed by atoms with van der Waals surface area (Å²) in [6, 6.07) is 7.35. The summed E-state index contributed by atoms with van der Waals surface area (Å²) in [6.45, 7) is 0. The van der Waals surface area contributed by atoms with Crippen LogP contribution in [0.25, 0.3) is 16.4 Å². The molecule has 0 saturated carbocycles. The number of aromatic carboxylic acids is 1. The van der Waals surface area contributed by atoms with Gasteiger partial charge in [0.05, 0.1) is 11.2 Å². The van der Waals surface area contributed by atoms with E-state index in [1.54, 1.807) is 12.3 Å². The van der Waals surface area contributed by atoms with Crippen molar-refractivity contribution in [3.05, 3.63) is 47.4 Å². The number of benzene rings is 1. The Morgan fingerprint density at radius 3 is 2.94 bits per heavy atom. The van der Waals surface area contributed by atoms with Gasteiger partial charge in [0.2, 0.25) is 0 Å². The topological polar surface area (TPSA) is 54.6 Å². The number of halogens is 1. The smallest absolute Gasteiger partial charge is 0.354 e. The molecule has 0 spiro atoms. The van der Waals surface area contributed by atoms with Crippen LogP contribution in [0, 0.1) is 0 Å². The van der Waals surface area contributed by atoms with E-state index in [1.807, 2.05) is 18.2 Å². The molecular formula is C12H7ClN2O2. The maximum Gasteiger partial charge on any atom is 0.354 e. The van der Waals surface area contributed by atoms with E-state index in [4.69, 9.17) is 16.7 Å². The Kier molecular flexibility index (Phi) is 2.06. The van der Waals surface area contributed by atoms with E-state index >= 15 is 0 Å². The van der Waals surface area contributed by atoms with Gasteiger partial charge in [-0.15, -0.1) is 0 Å². The monoisotopic (exact) mass is 246 g/mol. The molecule has 0 aliphatic carbocycles. The van der Waals surface area contributed by atoms with Crippen LogP contribution in [0.2, 0.25) is 5.02 Å². The Bertz CT molecular complexity index is 749.